The minimum absolute atomic E-state index is 0.0865. The monoisotopic (exact) mass is 356 g/mol. The topological polar surface area (TPSA) is 66.7 Å². The van der Waals surface area contributed by atoms with E-state index in [0.717, 1.165) is 11.1 Å². The van der Waals surface area contributed by atoms with Gasteiger partial charge in [-0.2, -0.15) is 5.10 Å². The number of carbonyl (C=O) groups is 2. The van der Waals surface area contributed by atoms with Crippen LogP contribution in [0.5, 0.6) is 0 Å². The van der Waals surface area contributed by atoms with Gasteiger partial charge in [0.15, 0.2) is 5.69 Å². The number of likely N-dealkylation sites (N-methyl/N-ethyl adjacent to an activating group) is 1. The molecule has 25 heavy (non-hydrogen) atoms. The summed E-state index contributed by atoms with van der Waals surface area (Å²) in [6.45, 7) is 0.358. The van der Waals surface area contributed by atoms with E-state index in [1.54, 1.807) is 40.9 Å². The Morgan fingerprint density at radius 3 is 2.68 bits per heavy atom. The molecule has 0 aliphatic rings. The van der Waals surface area contributed by atoms with Gasteiger partial charge in [0, 0.05) is 24.8 Å². The molecule has 0 atom stereocenters. The first-order chi connectivity index (χ1) is 12.0. The molecule has 0 fully saturated rings. The van der Waals surface area contributed by atoms with Crippen LogP contribution in [0.2, 0.25) is 5.02 Å². The van der Waals surface area contributed by atoms with Crippen LogP contribution in [0.15, 0.2) is 54.7 Å². The molecule has 7 heteroatoms. The van der Waals surface area contributed by atoms with Crippen LogP contribution in [0.1, 0.15) is 16.1 Å². The summed E-state index contributed by atoms with van der Waals surface area (Å²) < 4.78 is 1.61. The Morgan fingerprint density at radius 1 is 1.20 bits per heavy atom. The number of hydrogen-bond acceptors (Lipinski definition) is 3. The SMILES string of the molecule is CN(Cc1ccc(Cl)cc1)C(=O)CNC(=O)c1cc2ccccn2n1. The van der Waals surface area contributed by atoms with Crippen molar-refractivity contribution >= 4 is 28.9 Å². The Kier molecular flexibility index (Phi) is 5.00. The fourth-order valence-electron chi connectivity index (χ4n) is 2.38. The molecule has 1 N–H and O–H groups in total. The maximum atomic E-state index is 12.2. The molecule has 0 saturated heterocycles. The molecule has 1 aromatic carbocycles. The molecule has 6 nitrogen and oxygen atoms in total. The Hall–Kier alpha value is -2.86. The van der Waals surface area contributed by atoms with E-state index in [1.807, 2.05) is 30.3 Å². The van der Waals surface area contributed by atoms with Crippen LogP contribution >= 0.6 is 11.6 Å². The maximum Gasteiger partial charge on any atom is 0.272 e. The van der Waals surface area contributed by atoms with E-state index in [4.69, 9.17) is 11.6 Å². The second kappa shape index (κ2) is 7.36. The van der Waals surface area contributed by atoms with Gasteiger partial charge >= 0.3 is 0 Å². The molecule has 0 bridgehead atoms. The normalized spacial score (nSPS) is 10.6. The summed E-state index contributed by atoms with van der Waals surface area (Å²) in [5.74, 6) is -0.566. The van der Waals surface area contributed by atoms with Gasteiger partial charge in [0.05, 0.1) is 12.1 Å². The fourth-order valence-corrected chi connectivity index (χ4v) is 2.51. The number of pyridine rings is 1. The first-order valence-corrected chi connectivity index (χ1v) is 8.12. The van der Waals surface area contributed by atoms with Gasteiger partial charge in [-0.25, -0.2) is 4.52 Å². The molecule has 0 radical (unpaired) electrons. The van der Waals surface area contributed by atoms with Crippen LogP contribution in [0.25, 0.3) is 5.52 Å². The second-order valence-corrected chi connectivity index (χ2v) is 6.10. The summed E-state index contributed by atoms with van der Waals surface area (Å²) in [7, 11) is 1.69. The molecule has 3 rings (SSSR count). The van der Waals surface area contributed by atoms with E-state index in [0.29, 0.717) is 11.6 Å². The number of hydrogen-bond donors (Lipinski definition) is 1. The number of benzene rings is 1. The predicted octanol–water partition coefficient (Wildman–Crippen LogP) is 2.38. The maximum absolute atomic E-state index is 12.2. The van der Waals surface area contributed by atoms with E-state index in [2.05, 4.69) is 10.4 Å². The van der Waals surface area contributed by atoms with Crippen LogP contribution in [0.4, 0.5) is 0 Å². The minimum atomic E-state index is -0.378. The lowest BCUT2D eigenvalue weighted by molar-refractivity contribution is -0.129. The molecule has 0 aliphatic carbocycles. The number of carbonyl (C=O) groups excluding carboxylic acids is 2. The van der Waals surface area contributed by atoms with Crippen LogP contribution in [0, 0.1) is 0 Å². The molecule has 0 aliphatic heterocycles. The second-order valence-electron chi connectivity index (χ2n) is 5.66. The standard InChI is InChI=1S/C18H17ClN4O2/c1-22(12-13-5-7-14(19)8-6-13)17(24)11-20-18(25)16-10-15-4-2-3-9-23(15)21-16/h2-10H,11-12H2,1H3,(H,20,25). The molecule has 2 aromatic heterocycles. The molecule has 3 aromatic rings. The zero-order valence-corrected chi connectivity index (χ0v) is 14.4. The smallest absolute Gasteiger partial charge is 0.272 e. The van der Waals surface area contributed by atoms with E-state index in [1.165, 1.54) is 0 Å². The van der Waals surface area contributed by atoms with Gasteiger partial charge in [0.1, 0.15) is 0 Å². The van der Waals surface area contributed by atoms with Gasteiger partial charge in [-0.15, -0.1) is 0 Å². The highest BCUT2D eigenvalue weighted by molar-refractivity contribution is 6.30. The van der Waals surface area contributed by atoms with E-state index < -0.39 is 0 Å². The number of amides is 2. The Bertz CT molecular complexity index is 872. The van der Waals surface area contributed by atoms with E-state index in [-0.39, 0.29) is 24.1 Å². The minimum Gasteiger partial charge on any atom is -0.342 e. The predicted molar refractivity (Wildman–Crippen MR) is 95.5 cm³/mol. The summed E-state index contributed by atoms with van der Waals surface area (Å²) in [6, 6.07) is 14.5. The van der Waals surface area contributed by atoms with E-state index in [9.17, 15) is 9.59 Å². The van der Waals surface area contributed by atoms with Gasteiger partial charge in [-0.3, -0.25) is 9.59 Å². The van der Waals surface area contributed by atoms with Crippen molar-refractivity contribution in [2.75, 3.05) is 13.6 Å². The fraction of sp³-hybridized carbons (Fsp3) is 0.167. The van der Waals surface area contributed by atoms with Crippen molar-refractivity contribution in [3.8, 4) is 0 Å². The Morgan fingerprint density at radius 2 is 1.96 bits per heavy atom. The average molecular weight is 357 g/mol. The van der Waals surface area contributed by atoms with Crippen molar-refractivity contribution in [3.63, 3.8) is 0 Å². The summed E-state index contributed by atoms with van der Waals surface area (Å²) in [5, 5.41) is 7.44. The number of fused-ring (bicyclic) bond motifs is 1. The Labute approximate surface area is 150 Å². The van der Waals surface area contributed by atoms with Crippen molar-refractivity contribution < 1.29 is 9.59 Å². The summed E-state index contributed by atoms with van der Waals surface area (Å²) in [5.41, 5.74) is 2.06. The third-order valence-electron chi connectivity index (χ3n) is 3.76. The first kappa shape index (κ1) is 17.0. The lowest BCUT2D eigenvalue weighted by atomic mass is 10.2. The van der Waals surface area contributed by atoms with Crippen LogP contribution < -0.4 is 5.32 Å². The van der Waals surface area contributed by atoms with Crippen LogP contribution in [-0.2, 0) is 11.3 Å². The zero-order chi connectivity index (χ0) is 17.8. The number of halogens is 1. The third-order valence-corrected chi connectivity index (χ3v) is 4.01. The molecule has 0 spiro atoms. The number of rotatable bonds is 5. The molecular weight excluding hydrogens is 340 g/mol. The number of nitrogens with one attached hydrogen (secondary N) is 1. The molecule has 0 unspecified atom stereocenters. The lowest BCUT2D eigenvalue weighted by Gasteiger charge is -2.17. The summed E-state index contributed by atoms with van der Waals surface area (Å²) in [6.07, 6.45) is 1.76. The highest BCUT2D eigenvalue weighted by Gasteiger charge is 2.14. The highest BCUT2D eigenvalue weighted by atomic mass is 35.5. The van der Waals surface area contributed by atoms with Crippen molar-refractivity contribution in [2.24, 2.45) is 0 Å². The van der Waals surface area contributed by atoms with Gasteiger partial charge in [-0.1, -0.05) is 29.8 Å². The summed E-state index contributed by atoms with van der Waals surface area (Å²) in [4.78, 5) is 25.9. The number of aromatic nitrogens is 2. The molecular formula is C18H17ClN4O2. The van der Waals surface area contributed by atoms with Gasteiger partial charge in [0.25, 0.3) is 5.91 Å². The van der Waals surface area contributed by atoms with Crippen LogP contribution in [-0.4, -0.2) is 39.9 Å². The van der Waals surface area contributed by atoms with Crippen molar-refractivity contribution in [1.29, 1.82) is 0 Å². The lowest BCUT2D eigenvalue weighted by Crippen LogP contribution is -2.37. The third kappa shape index (κ3) is 4.16. The average Bonchev–Trinajstić information content (AvgIpc) is 3.05. The van der Waals surface area contributed by atoms with E-state index >= 15 is 0 Å². The van der Waals surface area contributed by atoms with Crippen molar-refractivity contribution in [1.82, 2.24) is 19.8 Å². The van der Waals surface area contributed by atoms with Crippen molar-refractivity contribution in [2.45, 2.75) is 6.54 Å². The molecule has 2 amide bonds. The van der Waals surface area contributed by atoms with Crippen LogP contribution in [0.3, 0.4) is 0 Å². The largest absolute Gasteiger partial charge is 0.342 e. The van der Waals surface area contributed by atoms with Gasteiger partial charge < -0.3 is 10.2 Å². The van der Waals surface area contributed by atoms with Gasteiger partial charge in [-0.05, 0) is 35.9 Å². The first-order valence-electron chi connectivity index (χ1n) is 7.74. The molecule has 128 valence electrons. The number of nitrogens with zero attached hydrogens (tertiary/aromatic N) is 3. The summed E-state index contributed by atoms with van der Waals surface area (Å²) >= 11 is 5.85. The highest BCUT2D eigenvalue weighted by Crippen LogP contribution is 2.11. The zero-order valence-electron chi connectivity index (χ0n) is 13.6. The molecule has 0 saturated carbocycles. The van der Waals surface area contributed by atoms with Gasteiger partial charge in [0.2, 0.25) is 5.91 Å². The molecule has 2 heterocycles. The van der Waals surface area contributed by atoms with Crippen molar-refractivity contribution in [3.05, 3.63) is 71.0 Å². The Balaban J connectivity index is 1.55. The quantitative estimate of drug-likeness (QED) is 0.763.